The van der Waals surface area contributed by atoms with Crippen molar-refractivity contribution >= 4 is 17.4 Å². The minimum absolute atomic E-state index is 1.07. The summed E-state index contributed by atoms with van der Waals surface area (Å²) in [5, 5.41) is 0. The molecule has 0 aromatic heterocycles. The van der Waals surface area contributed by atoms with Crippen molar-refractivity contribution in [3.05, 3.63) is 11.8 Å². The Morgan fingerprint density at radius 3 is 1.44 bits per heavy atom. The van der Waals surface area contributed by atoms with Crippen LogP contribution in [0.25, 0.3) is 0 Å². The zero-order chi connectivity index (χ0) is 18.8. The fraction of sp³-hybridized carbons (Fsp3) is 0.909. The third-order valence-corrected chi connectivity index (χ3v) is 10.6. The second-order valence-corrected chi connectivity index (χ2v) is 15.9. The molecule has 0 amide bonds. The van der Waals surface area contributed by atoms with E-state index < -0.39 is 17.4 Å². The van der Waals surface area contributed by atoms with Crippen molar-refractivity contribution in [3.8, 4) is 0 Å². The van der Waals surface area contributed by atoms with Crippen molar-refractivity contribution in [2.45, 2.75) is 129 Å². The maximum Gasteiger partial charge on any atom is 0.187 e. The summed E-state index contributed by atoms with van der Waals surface area (Å²) in [6, 6.07) is 1.34. The largest absolute Gasteiger partial charge is 0.455 e. The number of unbranched alkanes of at least 4 members (excludes halogenated alkanes) is 13. The van der Waals surface area contributed by atoms with Gasteiger partial charge in [-0.2, -0.15) is 0 Å². The average molecular weight is 385 g/mol. The van der Waals surface area contributed by atoms with E-state index >= 15 is 0 Å². The molecule has 0 bridgehead atoms. The van der Waals surface area contributed by atoms with Crippen LogP contribution in [0.2, 0.25) is 25.7 Å². The van der Waals surface area contributed by atoms with E-state index in [4.69, 9.17) is 4.12 Å². The van der Waals surface area contributed by atoms with E-state index in [1.165, 1.54) is 95.9 Å². The van der Waals surface area contributed by atoms with Crippen molar-refractivity contribution in [2.24, 2.45) is 0 Å². The molecule has 0 saturated carbocycles. The van der Waals surface area contributed by atoms with E-state index in [1.54, 1.807) is 0 Å². The molecule has 150 valence electrons. The molecule has 0 fully saturated rings. The lowest BCUT2D eigenvalue weighted by Gasteiger charge is -2.23. The highest BCUT2D eigenvalue weighted by atomic mass is 28.4. The van der Waals surface area contributed by atoms with Crippen LogP contribution in [-0.4, -0.2) is 17.4 Å². The van der Waals surface area contributed by atoms with Crippen LogP contribution in [0.15, 0.2) is 11.8 Å². The Bertz CT molecular complexity index is 297. The molecule has 0 spiro atoms. The molecular formula is C22H48OSi2. The van der Waals surface area contributed by atoms with Gasteiger partial charge in [-0.1, -0.05) is 109 Å². The Morgan fingerprint density at radius 1 is 0.680 bits per heavy atom. The van der Waals surface area contributed by atoms with Crippen LogP contribution in [-0.2, 0) is 4.12 Å². The summed E-state index contributed by atoms with van der Waals surface area (Å²) in [5.74, 6) is 0. The molecule has 0 N–H and O–H groups in total. The Balaban J connectivity index is 3.37. The lowest BCUT2D eigenvalue weighted by Crippen LogP contribution is -2.33. The van der Waals surface area contributed by atoms with E-state index in [-0.39, 0.29) is 0 Å². The molecule has 3 heteroatoms. The van der Waals surface area contributed by atoms with E-state index in [9.17, 15) is 0 Å². The predicted octanol–water partition coefficient (Wildman–Crippen LogP) is 8.16. The molecule has 0 aliphatic rings. The molecule has 0 saturated heterocycles. The fourth-order valence-electron chi connectivity index (χ4n) is 3.40. The maximum atomic E-state index is 6.38. The van der Waals surface area contributed by atoms with Crippen LogP contribution in [0, 0.1) is 0 Å². The van der Waals surface area contributed by atoms with Gasteiger partial charge in [-0.25, -0.2) is 0 Å². The summed E-state index contributed by atoms with van der Waals surface area (Å²) < 4.78 is 6.38. The monoisotopic (exact) mass is 384 g/mol. The van der Waals surface area contributed by atoms with Gasteiger partial charge in [-0.05, 0) is 32.6 Å². The van der Waals surface area contributed by atoms with Gasteiger partial charge in [0.25, 0.3) is 0 Å². The van der Waals surface area contributed by atoms with Crippen molar-refractivity contribution in [1.82, 2.24) is 0 Å². The van der Waals surface area contributed by atoms with Crippen LogP contribution in [0.3, 0.4) is 0 Å². The summed E-state index contributed by atoms with van der Waals surface area (Å²) >= 11 is 0. The zero-order valence-corrected chi connectivity index (χ0v) is 20.4. The van der Waals surface area contributed by atoms with Crippen LogP contribution in [0.5, 0.6) is 0 Å². The minimum atomic E-state index is -1.35. The predicted molar refractivity (Wildman–Crippen MR) is 122 cm³/mol. The molecule has 25 heavy (non-hydrogen) atoms. The van der Waals surface area contributed by atoms with Gasteiger partial charge < -0.3 is 4.12 Å². The molecule has 1 nitrogen and oxygen atoms in total. The quantitative estimate of drug-likeness (QED) is 0.171. The highest BCUT2D eigenvalue weighted by molar-refractivity contribution is 6.78. The molecule has 0 aliphatic carbocycles. The summed E-state index contributed by atoms with van der Waals surface area (Å²) in [6.07, 6.45) is 22.4. The highest BCUT2D eigenvalue weighted by Crippen LogP contribution is 2.16. The molecule has 1 atom stereocenters. The first kappa shape index (κ1) is 25.1. The third-order valence-electron chi connectivity index (χ3n) is 4.75. The smallest absolute Gasteiger partial charge is 0.187 e. The topological polar surface area (TPSA) is 9.23 Å². The van der Waals surface area contributed by atoms with Gasteiger partial charge in [0.1, 0.15) is 0 Å². The Kier molecular flexibility index (Phi) is 17.6. The molecule has 0 radical (unpaired) electrons. The van der Waals surface area contributed by atoms with Gasteiger partial charge in [0.2, 0.25) is 0 Å². The third kappa shape index (κ3) is 20.3. The standard InChI is InChI=1S/C22H48OSi2/c1-6-8-9-10-11-12-13-14-15-16-17-18-19-20-22-24(21-7-2)23-25(3,4)5/h7,21,24H,6,8-20,22H2,1-5H3. The molecule has 0 aliphatic heterocycles. The second kappa shape index (κ2) is 17.5. The van der Waals surface area contributed by atoms with Gasteiger partial charge in [0.15, 0.2) is 17.4 Å². The lowest BCUT2D eigenvalue weighted by molar-refractivity contribution is 0.534. The van der Waals surface area contributed by atoms with E-state index in [1.807, 2.05) is 0 Å². The van der Waals surface area contributed by atoms with Gasteiger partial charge in [0, 0.05) is 0 Å². The Labute approximate surface area is 162 Å². The summed E-state index contributed by atoms with van der Waals surface area (Å²) in [5.41, 5.74) is 2.39. The first-order valence-corrected chi connectivity index (χ1v) is 16.7. The second-order valence-electron chi connectivity index (χ2n) is 8.68. The zero-order valence-electron chi connectivity index (χ0n) is 18.2. The van der Waals surface area contributed by atoms with Crippen molar-refractivity contribution < 1.29 is 4.12 Å². The van der Waals surface area contributed by atoms with Crippen LogP contribution >= 0.6 is 0 Å². The van der Waals surface area contributed by atoms with Crippen molar-refractivity contribution in [3.63, 3.8) is 0 Å². The van der Waals surface area contributed by atoms with E-state index in [0.29, 0.717) is 0 Å². The van der Waals surface area contributed by atoms with Crippen LogP contribution < -0.4 is 0 Å². The molecule has 0 aromatic rings. The average Bonchev–Trinajstić information content (AvgIpc) is 2.54. The van der Waals surface area contributed by atoms with Crippen LogP contribution in [0.4, 0.5) is 0 Å². The number of allylic oxidation sites excluding steroid dienone is 1. The van der Waals surface area contributed by atoms with Gasteiger partial charge >= 0.3 is 0 Å². The normalized spacial score (nSPS) is 13.6. The number of hydrogen-bond acceptors (Lipinski definition) is 1. The maximum absolute atomic E-state index is 6.38. The molecule has 0 heterocycles. The van der Waals surface area contributed by atoms with Gasteiger partial charge in [-0.15, -0.1) is 0 Å². The molecule has 0 aromatic carbocycles. The Morgan fingerprint density at radius 2 is 1.08 bits per heavy atom. The summed E-state index contributed by atoms with van der Waals surface area (Å²) in [7, 11) is -2.42. The Hall–Kier alpha value is 0.134. The van der Waals surface area contributed by atoms with Crippen molar-refractivity contribution in [1.29, 1.82) is 0 Å². The van der Waals surface area contributed by atoms with Gasteiger partial charge in [0.05, 0.1) is 0 Å². The minimum Gasteiger partial charge on any atom is -0.455 e. The first-order chi connectivity index (χ1) is 12.0. The molecule has 0 rings (SSSR count). The number of rotatable bonds is 18. The fourth-order valence-corrected chi connectivity index (χ4v) is 9.13. The summed E-state index contributed by atoms with van der Waals surface area (Å²) in [6.45, 7) is 11.4. The first-order valence-electron chi connectivity index (χ1n) is 11.3. The molecule has 1 unspecified atom stereocenters. The number of hydrogen-bond donors (Lipinski definition) is 0. The van der Waals surface area contributed by atoms with Crippen LogP contribution in [0.1, 0.15) is 104 Å². The summed E-state index contributed by atoms with van der Waals surface area (Å²) in [4.78, 5) is 0. The van der Waals surface area contributed by atoms with Gasteiger partial charge in [-0.3, -0.25) is 0 Å². The van der Waals surface area contributed by atoms with E-state index in [2.05, 4.69) is 45.3 Å². The SMILES string of the molecule is CC=C[SiH](CCCCCCCCCCCCCCCC)O[Si](C)(C)C. The van der Waals surface area contributed by atoms with Crippen molar-refractivity contribution in [2.75, 3.05) is 0 Å². The molecular weight excluding hydrogens is 336 g/mol. The lowest BCUT2D eigenvalue weighted by atomic mass is 10.0. The highest BCUT2D eigenvalue weighted by Gasteiger charge is 2.19. The van der Waals surface area contributed by atoms with E-state index in [0.717, 1.165) is 0 Å².